The summed E-state index contributed by atoms with van der Waals surface area (Å²) in [5, 5.41) is 7.80. The maximum atomic E-state index is 13.1. The number of anilines is 2. The predicted molar refractivity (Wildman–Crippen MR) is 131 cm³/mol. The predicted octanol–water partition coefficient (Wildman–Crippen LogP) is 6.07. The largest absolute Gasteiger partial charge is 0.466 e. The molecule has 0 fully saturated rings. The van der Waals surface area contributed by atoms with Crippen molar-refractivity contribution in [1.29, 1.82) is 0 Å². The molecule has 0 radical (unpaired) electrons. The van der Waals surface area contributed by atoms with Crippen LogP contribution in [0.3, 0.4) is 0 Å². The lowest BCUT2D eigenvalue weighted by atomic mass is 9.95. The standard InChI is InChI=1S/C24H22F6N4O3S/c1-4-34-12(2)18(20(35)37-3)19(33-22(34)38)13-5-7-16(8-6-13)31-21(36)32-17-10-14(23(25,26)27)9-15(11-17)24(28,29)30/h5-11,19H,4H2,1-3H3,(H,33,38)(H2,31,32,36). The number of thiocarbonyl (C=S) groups is 1. The average Bonchev–Trinajstić information content (AvgIpc) is 2.82. The van der Waals surface area contributed by atoms with Gasteiger partial charge in [0.25, 0.3) is 0 Å². The fourth-order valence-corrected chi connectivity index (χ4v) is 4.25. The molecule has 3 rings (SSSR count). The minimum absolute atomic E-state index is 0.0365. The second-order valence-electron chi connectivity index (χ2n) is 8.11. The summed E-state index contributed by atoms with van der Waals surface area (Å²) in [4.78, 5) is 26.6. The van der Waals surface area contributed by atoms with E-state index in [1.807, 2.05) is 12.2 Å². The van der Waals surface area contributed by atoms with E-state index >= 15 is 0 Å². The van der Waals surface area contributed by atoms with Crippen molar-refractivity contribution in [3.8, 4) is 0 Å². The van der Waals surface area contributed by atoms with E-state index in [1.54, 1.807) is 24.0 Å². The molecule has 1 aliphatic heterocycles. The highest BCUT2D eigenvalue weighted by Crippen LogP contribution is 2.37. The number of ether oxygens (including phenoxy) is 1. The SMILES string of the molecule is CCN1C(=S)NC(c2ccc(NC(=O)Nc3cc(C(F)(F)F)cc(C(F)(F)F)c3)cc2)C(C(=O)OC)=C1C. The number of urea groups is 1. The number of carbonyl (C=O) groups is 2. The summed E-state index contributed by atoms with van der Waals surface area (Å²) in [5.74, 6) is -0.568. The molecule has 0 aliphatic carbocycles. The topological polar surface area (TPSA) is 82.7 Å². The van der Waals surface area contributed by atoms with Gasteiger partial charge in [-0.3, -0.25) is 0 Å². The number of allylic oxidation sites excluding steroid dienone is 1. The number of amides is 2. The average molecular weight is 561 g/mol. The number of nitrogens with zero attached hydrogens (tertiary/aromatic N) is 1. The third-order valence-corrected chi connectivity index (χ3v) is 6.00. The van der Waals surface area contributed by atoms with Crippen molar-refractivity contribution in [2.45, 2.75) is 32.2 Å². The Kier molecular flexibility index (Phi) is 8.24. The van der Waals surface area contributed by atoms with E-state index in [1.165, 1.54) is 19.2 Å². The molecular weight excluding hydrogens is 538 g/mol. The van der Waals surface area contributed by atoms with Gasteiger partial charge in [0.15, 0.2) is 5.11 Å². The Morgan fingerprint density at radius 2 is 1.50 bits per heavy atom. The van der Waals surface area contributed by atoms with Gasteiger partial charge in [-0.1, -0.05) is 12.1 Å². The summed E-state index contributed by atoms with van der Waals surface area (Å²) in [7, 11) is 1.25. The fourth-order valence-electron chi connectivity index (χ4n) is 3.87. The van der Waals surface area contributed by atoms with E-state index in [9.17, 15) is 35.9 Å². The quantitative estimate of drug-likeness (QED) is 0.234. The monoisotopic (exact) mass is 560 g/mol. The number of halogens is 6. The Labute approximate surface area is 218 Å². The lowest BCUT2D eigenvalue weighted by Crippen LogP contribution is -2.47. The summed E-state index contributed by atoms with van der Waals surface area (Å²) in [5.41, 5.74) is -2.11. The van der Waals surface area contributed by atoms with Crippen LogP contribution in [-0.4, -0.2) is 35.7 Å². The first kappa shape index (κ1) is 28.8. The van der Waals surface area contributed by atoms with Gasteiger partial charge in [0.2, 0.25) is 0 Å². The van der Waals surface area contributed by atoms with Crippen LogP contribution in [0.5, 0.6) is 0 Å². The molecular formula is C24H22F6N4O3S. The Morgan fingerprint density at radius 3 is 1.97 bits per heavy atom. The first-order chi connectivity index (χ1) is 17.6. The van der Waals surface area contributed by atoms with Gasteiger partial charge in [0, 0.05) is 23.6 Å². The van der Waals surface area contributed by atoms with Gasteiger partial charge < -0.3 is 25.6 Å². The third kappa shape index (κ3) is 6.36. The highest BCUT2D eigenvalue weighted by Gasteiger charge is 2.37. The van der Waals surface area contributed by atoms with E-state index in [0.717, 1.165) is 0 Å². The Hall–Kier alpha value is -3.81. The van der Waals surface area contributed by atoms with E-state index in [-0.39, 0.29) is 11.8 Å². The van der Waals surface area contributed by atoms with Gasteiger partial charge in [0.1, 0.15) is 0 Å². The van der Waals surface area contributed by atoms with Crippen LogP contribution in [0.25, 0.3) is 0 Å². The molecule has 2 amide bonds. The smallest absolute Gasteiger partial charge is 0.416 e. The van der Waals surface area contributed by atoms with Crippen molar-refractivity contribution in [1.82, 2.24) is 10.2 Å². The first-order valence-electron chi connectivity index (χ1n) is 11.0. The normalized spacial score (nSPS) is 16.2. The van der Waals surface area contributed by atoms with E-state index < -0.39 is 47.2 Å². The van der Waals surface area contributed by atoms with Crippen LogP contribution in [0.4, 0.5) is 42.5 Å². The number of hydrogen-bond donors (Lipinski definition) is 3. The lowest BCUT2D eigenvalue weighted by Gasteiger charge is -2.36. The van der Waals surface area contributed by atoms with Gasteiger partial charge in [-0.25, -0.2) is 9.59 Å². The molecule has 1 aliphatic rings. The fraction of sp³-hybridized carbons (Fsp3) is 0.292. The minimum Gasteiger partial charge on any atom is -0.466 e. The number of alkyl halides is 6. The molecule has 3 N–H and O–H groups in total. The highest BCUT2D eigenvalue weighted by molar-refractivity contribution is 7.80. The molecule has 1 unspecified atom stereocenters. The number of hydrogen-bond acceptors (Lipinski definition) is 4. The van der Waals surface area contributed by atoms with Gasteiger partial charge in [-0.15, -0.1) is 0 Å². The first-order valence-corrected chi connectivity index (χ1v) is 11.4. The maximum Gasteiger partial charge on any atom is 0.416 e. The molecule has 0 spiro atoms. The molecule has 14 heteroatoms. The van der Waals surface area contributed by atoms with Crippen molar-refractivity contribution >= 4 is 40.7 Å². The zero-order valence-electron chi connectivity index (χ0n) is 20.2. The third-order valence-electron chi connectivity index (χ3n) is 5.67. The molecule has 0 aromatic heterocycles. The molecule has 0 saturated carbocycles. The maximum absolute atomic E-state index is 13.1. The van der Waals surface area contributed by atoms with Crippen molar-refractivity contribution in [3.05, 3.63) is 70.4 Å². The molecule has 1 heterocycles. The number of nitrogens with one attached hydrogen (secondary N) is 3. The number of carbonyl (C=O) groups excluding carboxylic acids is 2. The number of rotatable bonds is 5. The summed E-state index contributed by atoms with van der Waals surface area (Å²) in [6, 6.07) is 5.08. The van der Waals surface area contributed by atoms with Crippen LogP contribution >= 0.6 is 12.2 Å². The molecule has 38 heavy (non-hydrogen) atoms. The summed E-state index contributed by atoms with van der Waals surface area (Å²) in [6.07, 6.45) is -10.1. The minimum atomic E-state index is -5.05. The van der Waals surface area contributed by atoms with E-state index in [2.05, 4.69) is 10.6 Å². The number of esters is 1. The van der Waals surface area contributed by atoms with Crippen molar-refractivity contribution in [2.75, 3.05) is 24.3 Å². The van der Waals surface area contributed by atoms with E-state index in [0.29, 0.717) is 40.6 Å². The second kappa shape index (κ2) is 10.9. The Balaban J connectivity index is 1.81. The highest BCUT2D eigenvalue weighted by atomic mass is 32.1. The van der Waals surface area contributed by atoms with Crippen molar-refractivity contribution in [3.63, 3.8) is 0 Å². The second-order valence-corrected chi connectivity index (χ2v) is 8.50. The van der Waals surface area contributed by atoms with Crippen LogP contribution in [0.15, 0.2) is 53.7 Å². The van der Waals surface area contributed by atoms with E-state index in [4.69, 9.17) is 17.0 Å². The molecule has 1 atom stereocenters. The molecule has 204 valence electrons. The zero-order chi connectivity index (χ0) is 28.4. The molecule has 7 nitrogen and oxygen atoms in total. The molecule has 0 bridgehead atoms. The van der Waals surface area contributed by atoms with Gasteiger partial charge in [-0.05, 0) is 62.0 Å². The lowest BCUT2D eigenvalue weighted by molar-refractivity contribution is -0.143. The van der Waals surface area contributed by atoms with Crippen LogP contribution in [0, 0.1) is 0 Å². The number of methoxy groups -OCH3 is 1. The van der Waals surface area contributed by atoms with Crippen molar-refractivity contribution < 1.29 is 40.7 Å². The molecule has 2 aromatic carbocycles. The van der Waals surface area contributed by atoms with Crippen molar-refractivity contribution in [2.24, 2.45) is 0 Å². The molecule has 0 saturated heterocycles. The molecule has 2 aromatic rings. The zero-order valence-corrected chi connectivity index (χ0v) is 21.0. The number of benzene rings is 2. The Bertz CT molecular complexity index is 1240. The summed E-state index contributed by atoms with van der Waals surface area (Å²) < 4.78 is 83.3. The van der Waals surface area contributed by atoms with Crippen LogP contribution < -0.4 is 16.0 Å². The van der Waals surface area contributed by atoms with Gasteiger partial charge in [0.05, 0.1) is 29.9 Å². The van der Waals surface area contributed by atoms with Gasteiger partial charge >= 0.3 is 24.4 Å². The van der Waals surface area contributed by atoms with Crippen LogP contribution in [-0.2, 0) is 21.9 Å². The van der Waals surface area contributed by atoms with Gasteiger partial charge in [-0.2, -0.15) is 26.3 Å². The summed E-state index contributed by atoms with van der Waals surface area (Å²) >= 11 is 5.39. The Morgan fingerprint density at radius 1 is 0.974 bits per heavy atom. The van der Waals surface area contributed by atoms with Crippen LogP contribution in [0.1, 0.15) is 36.6 Å². The summed E-state index contributed by atoms with van der Waals surface area (Å²) in [6.45, 7) is 4.11. The van der Waals surface area contributed by atoms with Crippen LogP contribution in [0.2, 0.25) is 0 Å².